The topological polar surface area (TPSA) is 72.9 Å². The third-order valence-electron chi connectivity index (χ3n) is 5.88. The Morgan fingerprint density at radius 3 is 2.45 bits per heavy atom. The number of nitrogens with zero attached hydrogens (tertiary/aromatic N) is 1. The van der Waals surface area contributed by atoms with Crippen LogP contribution in [0.25, 0.3) is 0 Å². The highest BCUT2D eigenvalue weighted by Gasteiger charge is 2.45. The van der Waals surface area contributed by atoms with E-state index in [-0.39, 0.29) is 12.2 Å². The van der Waals surface area contributed by atoms with Crippen molar-refractivity contribution in [3.05, 3.63) is 53.1 Å². The lowest BCUT2D eigenvalue weighted by Gasteiger charge is -2.43. The molecule has 0 bridgehead atoms. The molecule has 0 saturated carbocycles. The number of Topliss-reactive ketones (excluding diaryl/α,β-unsaturated/α-hetero) is 1. The normalized spacial score (nSPS) is 18.9. The Balaban J connectivity index is 1.55. The second-order valence-corrected chi connectivity index (χ2v) is 9.83. The summed E-state index contributed by atoms with van der Waals surface area (Å²) in [6.45, 7) is 4.40. The monoisotopic (exact) mass is 415 g/mol. The molecule has 1 saturated heterocycles. The molecule has 0 unspecified atom stereocenters. The number of carbonyl (C=O) groups excluding carboxylic acids is 1. The predicted octanol–water partition coefficient (Wildman–Crippen LogP) is 3.50. The van der Waals surface area contributed by atoms with Crippen molar-refractivity contribution in [1.82, 2.24) is 4.31 Å². The van der Waals surface area contributed by atoms with E-state index in [1.165, 1.54) is 4.31 Å². The van der Waals surface area contributed by atoms with Gasteiger partial charge in [-0.1, -0.05) is 17.7 Å². The predicted molar refractivity (Wildman–Crippen MR) is 109 cm³/mol. The lowest BCUT2D eigenvalue weighted by atomic mass is 9.83. The van der Waals surface area contributed by atoms with Crippen LogP contribution in [0, 0.1) is 13.8 Å². The summed E-state index contributed by atoms with van der Waals surface area (Å²) < 4.78 is 39.3. The number of methoxy groups -OCH3 is 1. The molecular weight excluding hydrogens is 390 g/mol. The lowest BCUT2D eigenvalue weighted by Crippen LogP contribution is -2.52. The number of ether oxygens (including phenoxy) is 2. The zero-order valence-electron chi connectivity index (χ0n) is 16.9. The van der Waals surface area contributed by atoms with Gasteiger partial charge in [-0.05, 0) is 37.6 Å². The highest BCUT2D eigenvalue weighted by atomic mass is 32.2. The lowest BCUT2D eigenvalue weighted by molar-refractivity contribution is 0.00577. The molecule has 7 heteroatoms. The summed E-state index contributed by atoms with van der Waals surface area (Å²) in [6.07, 6.45) is 1.21. The molecule has 4 rings (SSSR count). The Hall–Kier alpha value is -2.38. The van der Waals surface area contributed by atoms with Crippen LogP contribution >= 0.6 is 0 Å². The number of carbonyl (C=O) groups is 1. The van der Waals surface area contributed by atoms with Gasteiger partial charge in [0.05, 0.1) is 24.0 Å². The van der Waals surface area contributed by atoms with Gasteiger partial charge in [0.1, 0.15) is 17.1 Å². The first kappa shape index (κ1) is 19.9. The zero-order chi connectivity index (χ0) is 20.8. The molecule has 0 aromatic heterocycles. The molecule has 2 aliphatic heterocycles. The van der Waals surface area contributed by atoms with Crippen LogP contribution in [-0.2, 0) is 10.0 Å². The molecule has 0 amide bonds. The molecule has 1 spiro atoms. The Morgan fingerprint density at radius 2 is 1.79 bits per heavy atom. The molecule has 0 atom stereocenters. The number of fused-ring (bicyclic) bond motifs is 1. The van der Waals surface area contributed by atoms with E-state index in [0.717, 1.165) is 11.1 Å². The van der Waals surface area contributed by atoms with Gasteiger partial charge < -0.3 is 9.47 Å². The van der Waals surface area contributed by atoms with E-state index in [2.05, 4.69) is 0 Å². The number of ketones is 1. The fourth-order valence-corrected chi connectivity index (χ4v) is 5.89. The summed E-state index contributed by atoms with van der Waals surface area (Å²) in [5.74, 6) is 1.18. The van der Waals surface area contributed by atoms with Crippen molar-refractivity contribution < 1.29 is 22.7 Å². The zero-order valence-corrected chi connectivity index (χ0v) is 17.7. The van der Waals surface area contributed by atoms with Gasteiger partial charge in [-0.25, -0.2) is 8.42 Å². The number of rotatable bonds is 3. The van der Waals surface area contributed by atoms with Crippen LogP contribution < -0.4 is 9.47 Å². The smallest absolute Gasteiger partial charge is 0.243 e. The summed E-state index contributed by atoms with van der Waals surface area (Å²) in [6, 6.07) is 10.6. The van der Waals surface area contributed by atoms with Gasteiger partial charge in [-0.3, -0.25) is 4.79 Å². The van der Waals surface area contributed by atoms with Gasteiger partial charge in [-0.2, -0.15) is 4.31 Å². The van der Waals surface area contributed by atoms with E-state index < -0.39 is 15.6 Å². The highest BCUT2D eigenvalue weighted by Crippen LogP contribution is 2.41. The van der Waals surface area contributed by atoms with Crippen LogP contribution in [0.2, 0.25) is 0 Å². The minimum atomic E-state index is -3.58. The standard InChI is InChI=1S/C22H25NO5S/c1-15-4-7-21(16(2)12-15)29(25,26)23-10-8-22(9-11-23)14-19(24)18-6-5-17(27-3)13-20(18)28-22/h4-7,12-13H,8-11,14H2,1-3H3. The third-order valence-corrected chi connectivity index (χ3v) is 7.94. The maximum atomic E-state index is 13.1. The molecule has 29 heavy (non-hydrogen) atoms. The number of aryl methyl sites for hydroxylation is 2. The van der Waals surface area contributed by atoms with Crippen LogP contribution in [0.15, 0.2) is 41.3 Å². The SMILES string of the molecule is COc1ccc2c(c1)OC1(CCN(S(=O)(=O)c3ccc(C)cc3C)CC1)CC2=O. The fourth-order valence-electron chi connectivity index (χ4n) is 4.24. The number of hydrogen-bond acceptors (Lipinski definition) is 5. The summed E-state index contributed by atoms with van der Waals surface area (Å²) in [5.41, 5.74) is 1.67. The third kappa shape index (κ3) is 3.53. The van der Waals surface area contributed by atoms with Gasteiger partial charge in [-0.15, -0.1) is 0 Å². The van der Waals surface area contributed by atoms with Crippen molar-refractivity contribution in [2.24, 2.45) is 0 Å². The van der Waals surface area contributed by atoms with E-state index in [9.17, 15) is 13.2 Å². The summed E-state index contributed by atoms with van der Waals surface area (Å²) in [7, 11) is -2.01. The van der Waals surface area contributed by atoms with Crippen LogP contribution in [0.5, 0.6) is 11.5 Å². The first-order chi connectivity index (χ1) is 13.7. The Labute approximate surface area is 171 Å². The van der Waals surface area contributed by atoms with Crippen molar-refractivity contribution in [2.45, 2.75) is 43.6 Å². The summed E-state index contributed by atoms with van der Waals surface area (Å²) in [5, 5.41) is 0. The average Bonchev–Trinajstić information content (AvgIpc) is 2.67. The van der Waals surface area contributed by atoms with E-state index >= 15 is 0 Å². The number of sulfonamides is 1. The second kappa shape index (κ2) is 7.15. The largest absolute Gasteiger partial charge is 0.497 e. The molecule has 2 aliphatic rings. The molecule has 1 fully saturated rings. The van der Waals surface area contributed by atoms with Gasteiger partial charge in [0.25, 0.3) is 0 Å². The first-order valence-electron chi connectivity index (χ1n) is 9.72. The van der Waals surface area contributed by atoms with Crippen molar-refractivity contribution >= 4 is 15.8 Å². The highest BCUT2D eigenvalue weighted by molar-refractivity contribution is 7.89. The number of piperidine rings is 1. The van der Waals surface area contributed by atoms with Gasteiger partial charge in [0.2, 0.25) is 10.0 Å². The fraction of sp³-hybridized carbons (Fsp3) is 0.409. The summed E-state index contributed by atoms with van der Waals surface area (Å²) >= 11 is 0. The molecule has 0 radical (unpaired) electrons. The van der Waals surface area contributed by atoms with Crippen molar-refractivity contribution in [3.8, 4) is 11.5 Å². The Bertz CT molecular complexity index is 1070. The molecule has 0 aliphatic carbocycles. The molecular formula is C22H25NO5S. The second-order valence-electron chi connectivity index (χ2n) is 7.92. The molecule has 2 aromatic rings. The van der Waals surface area contributed by atoms with E-state index in [4.69, 9.17) is 9.47 Å². The average molecular weight is 416 g/mol. The maximum Gasteiger partial charge on any atom is 0.243 e. The minimum Gasteiger partial charge on any atom is -0.497 e. The van der Waals surface area contributed by atoms with Crippen LogP contribution in [-0.4, -0.2) is 44.3 Å². The van der Waals surface area contributed by atoms with E-state index in [0.29, 0.717) is 47.9 Å². The van der Waals surface area contributed by atoms with Crippen molar-refractivity contribution in [2.75, 3.05) is 20.2 Å². The Kier molecular flexibility index (Phi) is 4.91. The van der Waals surface area contributed by atoms with E-state index in [1.54, 1.807) is 31.4 Å². The Morgan fingerprint density at radius 1 is 1.07 bits per heavy atom. The van der Waals surface area contributed by atoms with Crippen molar-refractivity contribution in [1.29, 1.82) is 0 Å². The first-order valence-corrected chi connectivity index (χ1v) is 11.2. The van der Waals surface area contributed by atoms with E-state index in [1.807, 2.05) is 26.0 Å². The number of benzene rings is 2. The van der Waals surface area contributed by atoms with Crippen LogP contribution in [0.4, 0.5) is 0 Å². The molecule has 6 nitrogen and oxygen atoms in total. The molecule has 154 valence electrons. The van der Waals surface area contributed by atoms with Gasteiger partial charge in [0, 0.05) is 32.0 Å². The minimum absolute atomic E-state index is 0.0274. The molecule has 2 aromatic carbocycles. The number of hydrogen-bond donors (Lipinski definition) is 0. The maximum absolute atomic E-state index is 13.1. The quantitative estimate of drug-likeness (QED) is 0.767. The van der Waals surface area contributed by atoms with Crippen LogP contribution in [0.1, 0.15) is 40.7 Å². The van der Waals surface area contributed by atoms with Crippen LogP contribution in [0.3, 0.4) is 0 Å². The van der Waals surface area contributed by atoms with Gasteiger partial charge >= 0.3 is 0 Å². The summed E-state index contributed by atoms with van der Waals surface area (Å²) in [4.78, 5) is 13.0. The molecule has 2 heterocycles. The van der Waals surface area contributed by atoms with Crippen molar-refractivity contribution in [3.63, 3.8) is 0 Å². The molecule has 0 N–H and O–H groups in total. The van der Waals surface area contributed by atoms with Gasteiger partial charge in [0.15, 0.2) is 5.78 Å².